The minimum Gasteiger partial charge on any atom is -0.463 e. The van der Waals surface area contributed by atoms with Gasteiger partial charge in [-0.3, -0.25) is 0 Å². The molecule has 0 aliphatic heterocycles. The van der Waals surface area contributed by atoms with E-state index in [2.05, 4.69) is 9.46 Å². The molecule has 0 saturated carbocycles. The molecule has 0 aliphatic carbocycles. The van der Waals surface area contributed by atoms with Crippen LogP contribution in [0.1, 0.15) is 49.9 Å². The maximum atomic E-state index is 12.4. The number of furan rings is 1. The van der Waals surface area contributed by atoms with Gasteiger partial charge in [0.15, 0.2) is 0 Å². The molecule has 0 aromatic carbocycles. The molecule has 22 heavy (non-hydrogen) atoms. The van der Waals surface area contributed by atoms with Crippen molar-refractivity contribution in [3.05, 3.63) is 17.6 Å². The summed E-state index contributed by atoms with van der Waals surface area (Å²) in [6.07, 6.45) is 1.62. The van der Waals surface area contributed by atoms with Crippen LogP contribution in [0.25, 0.3) is 0 Å². The molecule has 3 N–H and O–H groups in total. The highest BCUT2D eigenvalue weighted by Crippen LogP contribution is 2.22. The van der Waals surface area contributed by atoms with E-state index >= 15 is 0 Å². The van der Waals surface area contributed by atoms with Crippen molar-refractivity contribution in [1.29, 1.82) is 0 Å². The van der Waals surface area contributed by atoms with E-state index < -0.39 is 21.5 Å². The second-order valence-corrected chi connectivity index (χ2v) is 6.87. The molecular formula is C14H24N2O5S. The molecular weight excluding hydrogens is 308 g/mol. The van der Waals surface area contributed by atoms with E-state index in [0.29, 0.717) is 19.3 Å². The lowest BCUT2D eigenvalue weighted by atomic mass is 9.95. The number of carbonyl (C=O) groups is 1. The molecule has 0 spiro atoms. The van der Waals surface area contributed by atoms with E-state index in [0.717, 1.165) is 0 Å². The molecule has 1 aromatic rings. The number of nitrogens with two attached hydrogens (primary N) is 1. The van der Waals surface area contributed by atoms with Gasteiger partial charge in [-0.2, -0.15) is 0 Å². The number of carbonyl (C=O) groups excluding carboxylic acids is 1. The zero-order chi connectivity index (χ0) is 17.0. The number of sulfonamides is 1. The maximum Gasteiger partial charge on any atom is 0.373 e. The number of aryl methyl sites for hydroxylation is 1. The fourth-order valence-corrected chi connectivity index (χ4v) is 3.28. The van der Waals surface area contributed by atoms with Gasteiger partial charge in [0, 0.05) is 24.6 Å². The van der Waals surface area contributed by atoms with Crippen molar-refractivity contribution < 1.29 is 22.4 Å². The molecule has 0 fully saturated rings. The summed E-state index contributed by atoms with van der Waals surface area (Å²) in [4.78, 5) is 11.4. The van der Waals surface area contributed by atoms with E-state index in [1.807, 2.05) is 13.8 Å². The van der Waals surface area contributed by atoms with E-state index in [1.54, 1.807) is 6.92 Å². The highest BCUT2D eigenvalue weighted by atomic mass is 32.2. The maximum absolute atomic E-state index is 12.4. The van der Waals surface area contributed by atoms with Gasteiger partial charge < -0.3 is 14.9 Å². The number of hydrogen-bond donors (Lipinski definition) is 2. The van der Waals surface area contributed by atoms with Crippen molar-refractivity contribution in [2.24, 2.45) is 5.73 Å². The Hall–Kier alpha value is -1.38. The smallest absolute Gasteiger partial charge is 0.373 e. The SMILES string of the molecule is CCc1oc(C(=O)OC)cc1S(=O)(=O)NCC(N)(CC)CC. The number of rotatable bonds is 8. The summed E-state index contributed by atoms with van der Waals surface area (Å²) in [6, 6.07) is 1.18. The summed E-state index contributed by atoms with van der Waals surface area (Å²) < 4.78 is 37.2. The van der Waals surface area contributed by atoms with Gasteiger partial charge in [0.25, 0.3) is 0 Å². The van der Waals surface area contributed by atoms with Crippen LogP contribution in [-0.4, -0.2) is 33.6 Å². The first-order chi connectivity index (χ1) is 10.2. The molecule has 0 atom stereocenters. The van der Waals surface area contributed by atoms with Gasteiger partial charge in [0.1, 0.15) is 10.7 Å². The molecule has 1 rings (SSSR count). The largest absolute Gasteiger partial charge is 0.463 e. The minimum absolute atomic E-state index is 0.0510. The van der Waals surface area contributed by atoms with Crippen LogP contribution in [0.5, 0.6) is 0 Å². The fraction of sp³-hybridized carbons (Fsp3) is 0.643. The zero-order valence-corrected chi connectivity index (χ0v) is 14.2. The van der Waals surface area contributed by atoms with E-state index in [9.17, 15) is 13.2 Å². The highest BCUT2D eigenvalue weighted by Gasteiger charge is 2.28. The van der Waals surface area contributed by atoms with Crippen LogP contribution < -0.4 is 10.5 Å². The van der Waals surface area contributed by atoms with E-state index in [4.69, 9.17) is 10.2 Å². The lowest BCUT2D eigenvalue weighted by molar-refractivity contribution is 0.0563. The van der Waals surface area contributed by atoms with Crippen molar-refractivity contribution >= 4 is 16.0 Å². The number of methoxy groups -OCH3 is 1. The average molecular weight is 332 g/mol. The first-order valence-corrected chi connectivity index (χ1v) is 8.70. The van der Waals surface area contributed by atoms with Crippen molar-refractivity contribution in [3.63, 3.8) is 0 Å². The molecule has 0 aliphatic rings. The molecule has 8 heteroatoms. The summed E-state index contributed by atoms with van der Waals surface area (Å²) in [5, 5.41) is 0. The lowest BCUT2D eigenvalue weighted by Gasteiger charge is -2.26. The van der Waals surface area contributed by atoms with Gasteiger partial charge in [0.2, 0.25) is 15.8 Å². The third-order valence-electron chi connectivity index (χ3n) is 3.79. The Balaban J connectivity index is 3.07. The van der Waals surface area contributed by atoms with Crippen LogP contribution in [0.4, 0.5) is 0 Å². The molecule has 1 heterocycles. The van der Waals surface area contributed by atoms with Crippen LogP contribution in [0, 0.1) is 0 Å². The Kier molecular flexibility index (Phi) is 6.16. The van der Waals surface area contributed by atoms with Gasteiger partial charge in [0.05, 0.1) is 7.11 Å². The standard InChI is InChI=1S/C14H24N2O5S/c1-5-10-12(8-11(21-10)13(17)20-4)22(18,19)16-9-14(15,6-2)7-3/h8,16H,5-7,9,15H2,1-4H3. The van der Waals surface area contributed by atoms with Gasteiger partial charge in [-0.1, -0.05) is 20.8 Å². The summed E-state index contributed by atoms with van der Waals surface area (Å²) >= 11 is 0. The number of ether oxygens (including phenoxy) is 1. The summed E-state index contributed by atoms with van der Waals surface area (Å²) in [7, 11) is -2.61. The van der Waals surface area contributed by atoms with Crippen LogP contribution in [0.2, 0.25) is 0 Å². The molecule has 1 aromatic heterocycles. The number of hydrogen-bond acceptors (Lipinski definition) is 6. The Bertz CT molecular complexity index is 617. The molecule has 7 nitrogen and oxygen atoms in total. The van der Waals surface area contributed by atoms with Crippen LogP contribution in [-0.2, 0) is 21.2 Å². The minimum atomic E-state index is -3.81. The van der Waals surface area contributed by atoms with Crippen molar-refractivity contribution in [3.8, 4) is 0 Å². The van der Waals surface area contributed by atoms with Crippen molar-refractivity contribution in [2.45, 2.75) is 50.5 Å². The Labute approximate surface area is 131 Å². The van der Waals surface area contributed by atoms with Crippen LogP contribution in [0.15, 0.2) is 15.4 Å². The molecule has 0 radical (unpaired) electrons. The topological polar surface area (TPSA) is 112 Å². The summed E-state index contributed by atoms with van der Waals surface area (Å²) in [5.74, 6) is -0.639. The van der Waals surface area contributed by atoms with Crippen LogP contribution >= 0.6 is 0 Å². The number of nitrogens with one attached hydrogen (secondary N) is 1. The second-order valence-electron chi connectivity index (χ2n) is 5.14. The van der Waals surface area contributed by atoms with Gasteiger partial charge in [-0.05, 0) is 12.8 Å². The first-order valence-electron chi connectivity index (χ1n) is 7.22. The average Bonchev–Trinajstić information content (AvgIpc) is 2.97. The predicted octanol–water partition coefficient (Wildman–Crippen LogP) is 1.42. The van der Waals surface area contributed by atoms with E-state index in [1.165, 1.54) is 13.2 Å². The monoisotopic (exact) mass is 332 g/mol. The lowest BCUT2D eigenvalue weighted by Crippen LogP contribution is -2.49. The fourth-order valence-electron chi connectivity index (χ4n) is 1.90. The normalized spacial score (nSPS) is 12.4. The summed E-state index contributed by atoms with van der Waals surface area (Å²) in [5.41, 5.74) is 5.50. The van der Waals surface area contributed by atoms with Crippen molar-refractivity contribution in [2.75, 3.05) is 13.7 Å². The first kappa shape index (κ1) is 18.7. The summed E-state index contributed by atoms with van der Waals surface area (Å²) in [6.45, 7) is 5.67. The Morgan fingerprint density at radius 3 is 2.41 bits per heavy atom. The highest BCUT2D eigenvalue weighted by molar-refractivity contribution is 7.89. The van der Waals surface area contributed by atoms with Crippen LogP contribution in [0.3, 0.4) is 0 Å². The Morgan fingerprint density at radius 2 is 1.95 bits per heavy atom. The molecule has 126 valence electrons. The molecule has 0 bridgehead atoms. The quantitative estimate of drug-likeness (QED) is 0.696. The van der Waals surface area contributed by atoms with Gasteiger partial charge >= 0.3 is 5.97 Å². The third-order valence-corrected chi connectivity index (χ3v) is 5.24. The Morgan fingerprint density at radius 1 is 1.36 bits per heavy atom. The molecule has 0 amide bonds. The number of esters is 1. The van der Waals surface area contributed by atoms with E-state index in [-0.39, 0.29) is 23.0 Å². The predicted molar refractivity (Wildman–Crippen MR) is 82.1 cm³/mol. The molecule has 0 unspecified atom stereocenters. The van der Waals surface area contributed by atoms with Gasteiger partial charge in [-0.15, -0.1) is 0 Å². The second kappa shape index (κ2) is 7.26. The van der Waals surface area contributed by atoms with Crippen molar-refractivity contribution in [1.82, 2.24) is 4.72 Å². The molecule has 0 saturated heterocycles. The zero-order valence-electron chi connectivity index (χ0n) is 13.4. The third kappa shape index (κ3) is 4.08. The van der Waals surface area contributed by atoms with Gasteiger partial charge in [-0.25, -0.2) is 17.9 Å².